The van der Waals surface area contributed by atoms with E-state index in [0.29, 0.717) is 0 Å². The largest absolute Gasteiger partial charge is 0.472 e. The fraction of sp³-hybridized carbons (Fsp3) is 0.733. The molecule has 1 saturated heterocycles. The maximum atomic E-state index is 14.8. The first-order valence-corrected chi connectivity index (χ1v) is 9.92. The van der Waals surface area contributed by atoms with Crippen molar-refractivity contribution < 1.29 is 66.1 Å². The molecule has 6 atom stereocenters. The monoisotopic (exact) mass is 460 g/mol. The molecule has 0 spiro atoms. The summed E-state index contributed by atoms with van der Waals surface area (Å²) in [6.07, 6.45) is -11.6. The highest BCUT2D eigenvalue weighted by Gasteiger charge is 2.56. The molecule has 1 rings (SSSR count). The van der Waals surface area contributed by atoms with Crippen LogP contribution in [0.1, 0.15) is 27.7 Å². The third-order valence-electron chi connectivity index (χ3n) is 3.48. The van der Waals surface area contributed by atoms with E-state index < -0.39 is 75.2 Å². The highest BCUT2D eigenvalue weighted by molar-refractivity contribution is 7.46. The molecular weight excluding hydrogens is 438 g/mol. The second-order valence-electron chi connectivity index (χ2n) is 6.11. The van der Waals surface area contributed by atoms with E-state index in [1.54, 1.807) is 0 Å². The second-order valence-corrected chi connectivity index (χ2v) is 7.30. The van der Waals surface area contributed by atoms with E-state index in [4.69, 9.17) is 28.7 Å². The molecule has 13 nitrogen and oxygen atoms in total. The zero-order valence-corrected chi connectivity index (χ0v) is 17.3. The van der Waals surface area contributed by atoms with Crippen LogP contribution in [0.25, 0.3) is 0 Å². The molecule has 0 aromatic carbocycles. The van der Waals surface area contributed by atoms with Crippen LogP contribution in [0.4, 0.5) is 4.39 Å². The molecule has 0 aromatic rings. The van der Waals surface area contributed by atoms with Crippen molar-refractivity contribution in [2.24, 2.45) is 0 Å². The van der Waals surface area contributed by atoms with Crippen LogP contribution in [-0.2, 0) is 52.0 Å². The van der Waals surface area contributed by atoms with Gasteiger partial charge >= 0.3 is 31.7 Å². The minimum atomic E-state index is -5.28. The number of hydrogen-bond donors (Lipinski definition) is 2. The first-order chi connectivity index (χ1) is 13.7. The van der Waals surface area contributed by atoms with Gasteiger partial charge in [-0.1, -0.05) is 0 Å². The van der Waals surface area contributed by atoms with Crippen molar-refractivity contribution in [1.29, 1.82) is 0 Å². The van der Waals surface area contributed by atoms with Crippen LogP contribution in [-0.4, -0.2) is 77.1 Å². The van der Waals surface area contributed by atoms with Crippen molar-refractivity contribution in [1.82, 2.24) is 0 Å². The highest BCUT2D eigenvalue weighted by Crippen LogP contribution is 2.42. The zero-order chi connectivity index (χ0) is 23.2. The molecule has 1 heterocycles. The number of phosphoric ester groups is 1. The van der Waals surface area contributed by atoms with Crippen LogP contribution < -0.4 is 0 Å². The smallest absolute Gasteiger partial charge is 0.463 e. The predicted molar refractivity (Wildman–Crippen MR) is 90.0 cm³/mol. The van der Waals surface area contributed by atoms with Gasteiger partial charge in [0.05, 0.1) is 0 Å². The summed E-state index contributed by atoms with van der Waals surface area (Å²) < 4.78 is 55.0. The molecule has 0 bridgehead atoms. The van der Waals surface area contributed by atoms with E-state index in [0.717, 1.165) is 27.7 Å². The Balaban J connectivity index is 3.41. The Morgan fingerprint density at radius 2 is 1.37 bits per heavy atom. The van der Waals surface area contributed by atoms with E-state index in [2.05, 4.69) is 9.26 Å². The van der Waals surface area contributed by atoms with Gasteiger partial charge in [0.2, 0.25) is 6.29 Å². The van der Waals surface area contributed by atoms with Crippen LogP contribution in [0, 0.1) is 0 Å². The number of carbonyl (C=O) groups is 4. The summed E-state index contributed by atoms with van der Waals surface area (Å²) in [5.74, 6) is -3.81. The van der Waals surface area contributed by atoms with Gasteiger partial charge in [-0.25, -0.2) is 8.96 Å². The molecule has 15 heteroatoms. The summed E-state index contributed by atoms with van der Waals surface area (Å²) in [4.78, 5) is 63.7. The van der Waals surface area contributed by atoms with E-state index in [1.165, 1.54) is 0 Å². The standard InChI is InChI=1S/C15H22FO13P/c1-6(17)24-5-10(16)11-12(25-7(2)18)13(26-8(3)19)14(27-9(4)20)15(28-11)29-30(21,22)23/h10-15H,5H2,1-4H3,(H2,21,22,23)/t10-,11+,12+,13?,14-,15-/m0/s1. The van der Waals surface area contributed by atoms with E-state index in [9.17, 15) is 28.1 Å². The molecule has 1 aliphatic heterocycles. The van der Waals surface area contributed by atoms with Gasteiger partial charge in [-0.05, 0) is 0 Å². The Morgan fingerprint density at radius 3 is 1.80 bits per heavy atom. The first kappa shape index (κ1) is 25.9. The third kappa shape index (κ3) is 8.32. The number of carbonyl (C=O) groups excluding carboxylic acids is 4. The SMILES string of the molecule is CC(=O)OC[C@H](F)[C@H]1O[C@@H](OP(=O)(O)O)[C@@H](OC(C)=O)C(OC(C)=O)[C@@H]1OC(C)=O. The molecule has 0 aromatic heterocycles. The van der Waals surface area contributed by atoms with Gasteiger partial charge in [0.15, 0.2) is 24.5 Å². The molecular formula is C15H22FO13P. The van der Waals surface area contributed by atoms with Crippen molar-refractivity contribution >= 4 is 31.7 Å². The van der Waals surface area contributed by atoms with Gasteiger partial charge < -0.3 is 33.5 Å². The minimum absolute atomic E-state index is 0.852. The summed E-state index contributed by atoms with van der Waals surface area (Å²) in [6.45, 7) is 2.90. The average Bonchev–Trinajstić information content (AvgIpc) is 2.55. The highest BCUT2D eigenvalue weighted by atomic mass is 31.2. The lowest BCUT2D eigenvalue weighted by Gasteiger charge is -2.44. The van der Waals surface area contributed by atoms with Gasteiger partial charge in [-0.3, -0.25) is 23.7 Å². The number of halogens is 1. The molecule has 1 unspecified atom stereocenters. The van der Waals surface area contributed by atoms with E-state index in [-0.39, 0.29) is 0 Å². The summed E-state index contributed by atoms with van der Waals surface area (Å²) in [6, 6.07) is 0. The fourth-order valence-electron chi connectivity index (χ4n) is 2.61. The molecule has 1 aliphatic rings. The van der Waals surface area contributed by atoms with Crippen molar-refractivity contribution in [3.8, 4) is 0 Å². The second kappa shape index (κ2) is 10.8. The minimum Gasteiger partial charge on any atom is -0.463 e. The van der Waals surface area contributed by atoms with Crippen molar-refractivity contribution in [3.63, 3.8) is 0 Å². The number of alkyl halides is 1. The summed E-state index contributed by atoms with van der Waals surface area (Å²) >= 11 is 0. The topological polar surface area (TPSA) is 181 Å². The van der Waals surface area contributed by atoms with Gasteiger partial charge in [-0.2, -0.15) is 0 Å². The van der Waals surface area contributed by atoms with Crippen molar-refractivity contribution in [3.05, 3.63) is 0 Å². The Labute approximate surface area is 169 Å². The Hall–Kier alpha value is -2.12. The average molecular weight is 460 g/mol. The lowest BCUT2D eigenvalue weighted by Crippen LogP contribution is -2.64. The van der Waals surface area contributed by atoms with Crippen LogP contribution in [0.15, 0.2) is 0 Å². The lowest BCUT2D eigenvalue weighted by atomic mass is 9.95. The normalized spacial score (nSPS) is 27.5. The van der Waals surface area contributed by atoms with Crippen molar-refractivity contribution in [2.75, 3.05) is 6.61 Å². The number of esters is 4. The fourth-order valence-corrected chi connectivity index (χ4v) is 3.05. The molecule has 172 valence electrons. The van der Waals surface area contributed by atoms with Gasteiger partial charge in [0.25, 0.3) is 0 Å². The zero-order valence-electron chi connectivity index (χ0n) is 16.4. The number of hydrogen-bond acceptors (Lipinski definition) is 11. The van der Waals surface area contributed by atoms with E-state index in [1.807, 2.05) is 0 Å². The summed E-state index contributed by atoms with van der Waals surface area (Å²) in [5, 5.41) is 0. The molecule has 0 radical (unpaired) electrons. The van der Waals surface area contributed by atoms with Gasteiger partial charge in [0, 0.05) is 27.7 Å². The Bertz CT molecular complexity index is 707. The molecule has 0 aliphatic carbocycles. The van der Waals surface area contributed by atoms with Crippen LogP contribution in [0.2, 0.25) is 0 Å². The van der Waals surface area contributed by atoms with Crippen LogP contribution in [0.3, 0.4) is 0 Å². The van der Waals surface area contributed by atoms with Crippen LogP contribution in [0.5, 0.6) is 0 Å². The number of phosphoric acid groups is 1. The van der Waals surface area contributed by atoms with Crippen LogP contribution >= 0.6 is 7.82 Å². The Morgan fingerprint density at radius 1 is 0.900 bits per heavy atom. The maximum Gasteiger partial charge on any atom is 0.472 e. The molecule has 1 fully saturated rings. The van der Waals surface area contributed by atoms with Gasteiger partial charge in [-0.15, -0.1) is 0 Å². The lowest BCUT2D eigenvalue weighted by molar-refractivity contribution is -0.296. The third-order valence-corrected chi connectivity index (χ3v) is 3.96. The number of ether oxygens (including phenoxy) is 5. The first-order valence-electron chi connectivity index (χ1n) is 8.39. The Kier molecular flexibility index (Phi) is 9.31. The molecule has 0 saturated carbocycles. The van der Waals surface area contributed by atoms with Crippen molar-refractivity contribution in [2.45, 2.75) is 64.6 Å². The molecule has 30 heavy (non-hydrogen) atoms. The quantitative estimate of drug-likeness (QED) is 0.269. The predicted octanol–water partition coefficient (Wildman–Crippen LogP) is -0.483. The maximum absolute atomic E-state index is 14.8. The summed E-state index contributed by atoms with van der Waals surface area (Å²) in [7, 11) is -5.28. The molecule has 0 amide bonds. The number of rotatable bonds is 8. The van der Waals surface area contributed by atoms with Gasteiger partial charge in [0.1, 0.15) is 12.7 Å². The summed E-state index contributed by atoms with van der Waals surface area (Å²) in [5.41, 5.74) is 0. The van der Waals surface area contributed by atoms with E-state index >= 15 is 0 Å². The molecule has 2 N–H and O–H groups in total.